The van der Waals surface area contributed by atoms with Crippen LogP contribution < -0.4 is 0 Å². The summed E-state index contributed by atoms with van der Waals surface area (Å²) in [7, 11) is 0. The van der Waals surface area contributed by atoms with Gasteiger partial charge in [-0.15, -0.1) is 5.10 Å². The monoisotopic (exact) mass is 402 g/mol. The number of ketones is 1. The Morgan fingerprint density at radius 2 is 1.86 bits per heavy atom. The number of thioether (sulfide) groups is 1. The van der Waals surface area contributed by atoms with Crippen LogP contribution in [0.2, 0.25) is 0 Å². The van der Waals surface area contributed by atoms with Crippen LogP contribution in [0.15, 0.2) is 29.3 Å². The number of ether oxygens (including phenoxy) is 2. The van der Waals surface area contributed by atoms with Gasteiger partial charge in [0.15, 0.2) is 16.7 Å². The van der Waals surface area contributed by atoms with E-state index in [1.54, 1.807) is 38.1 Å². The molecule has 0 N–H and O–H groups in total. The minimum atomic E-state index is -1.07. The molecule has 0 spiro atoms. The van der Waals surface area contributed by atoms with Gasteiger partial charge in [-0.3, -0.25) is 9.59 Å². The summed E-state index contributed by atoms with van der Waals surface area (Å²) < 4.78 is 11.4. The molecule has 2 aromatic heterocycles. The predicted molar refractivity (Wildman–Crippen MR) is 101 cm³/mol. The van der Waals surface area contributed by atoms with Gasteiger partial charge in [-0.05, 0) is 26.8 Å². The Balaban J connectivity index is 2.17. The van der Waals surface area contributed by atoms with Crippen molar-refractivity contribution in [1.82, 2.24) is 19.8 Å². The van der Waals surface area contributed by atoms with Gasteiger partial charge in [0.05, 0.1) is 18.7 Å². The average molecular weight is 402 g/mol. The number of aromatic nitrogens is 4. The molecule has 1 atom stereocenters. The molecule has 9 nitrogen and oxygen atoms in total. The molecule has 3 aromatic rings. The van der Waals surface area contributed by atoms with Crippen molar-refractivity contribution in [3.8, 4) is 0 Å². The van der Waals surface area contributed by atoms with E-state index < -0.39 is 17.2 Å². The smallest absolute Gasteiger partial charge is 0.362 e. The second kappa shape index (κ2) is 8.34. The third-order valence-corrected chi connectivity index (χ3v) is 5.08. The second-order valence-corrected chi connectivity index (χ2v) is 6.78. The number of Topliss-reactive ketones (excluding diaryl/α,β-unsaturated/α-hetero) is 1. The first-order chi connectivity index (χ1) is 13.5. The molecule has 0 amide bonds. The Hall–Kier alpha value is -3.01. The zero-order valence-electron chi connectivity index (χ0n) is 15.5. The first-order valence-corrected chi connectivity index (χ1v) is 9.50. The Morgan fingerprint density at radius 3 is 2.54 bits per heavy atom. The maximum Gasteiger partial charge on any atom is 0.362 e. The number of rotatable bonds is 7. The highest BCUT2D eigenvalue weighted by molar-refractivity contribution is 8.01. The zero-order chi connectivity index (χ0) is 20.3. The molecule has 0 unspecified atom stereocenters. The van der Waals surface area contributed by atoms with Gasteiger partial charge in [0, 0.05) is 5.39 Å². The normalized spacial score (nSPS) is 12.1. The molecule has 0 saturated heterocycles. The molecule has 0 fully saturated rings. The van der Waals surface area contributed by atoms with Crippen molar-refractivity contribution in [2.45, 2.75) is 31.0 Å². The van der Waals surface area contributed by atoms with E-state index in [1.165, 1.54) is 11.4 Å². The lowest BCUT2D eigenvalue weighted by Crippen LogP contribution is -2.27. The zero-order valence-corrected chi connectivity index (χ0v) is 16.4. The summed E-state index contributed by atoms with van der Waals surface area (Å²) in [6.45, 7) is 5.02. The minimum Gasteiger partial charge on any atom is -0.465 e. The number of benzene rings is 1. The van der Waals surface area contributed by atoms with Crippen LogP contribution in [0.3, 0.4) is 0 Å². The van der Waals surface area contributed by atoms with E-state index in [2.05, 4.69) is 15.3 Å². The average Bonchev–Trinajstić information content (AvgIpc) is 3.10. The molecular formula is C18H18N4O5S. The van der Waals surface area contributed by atoms with Crippen LogP contribution in [0, 0.1) is 0 Å². The Morgan fingerprint density at radius 1 is 1.14 bits per heavy atom. The summed E-state index contributed by atoms with van der Waals surface area (Å²) in [4.78, 5) is 40.9. The number of carbonyl (C=O) groups excluding carboxylic acids is 3. The fourth-order valence-electron chi connectivity index (χ4n) is 2.58. The molecule has 3 rings (SSSR count). The van der Waals surface area contributed by atoms with Crippen molar-refractivity contribution in [2.24, 2.45) is 0 Å². The van der Waals surface area contributed by atoms with Gasteiger partial charge in [0.1, 0.15) is 5.03 Å². The molecule has 0 aliphatic carbocycles. The predicted octanol–water partition coefficient (Wildman–Crippen LogP) is 2.07. The van der Waals surface area contributed by atoms with Crippen LogP contribution in [0.4, 0.5) is 0 Å². The fraction of sp³-hybridized carbons (Fsp3) is 0.333. The number of fused-ring (bicyclic) bond motifs is 3. The molecule has 0 aliphatic rings. The summed E-state index contributed by atoms with van der Waals surface area (Å²) in [5.74, 6) is -1.64. The summed E-state index contributed by atoms with van der Waals surface area (Å²) >= 11 is 0.970. The first-order valence-electron chi connectivity index (χ1n) is 8.62. The Kier molecular flexibility index (Phi) is 5.88. The standard InChI is InChI=1S/C18H18N4O5S/c1-4-26-17(24)13-15-19-16(28-14(10(3)23)18(25)27-5-2)11-8-6-7-9-12(11)22(15)21-20-13/h6-9,14H,4-5H2,1-3H3/t14-/m1/s1. The molecule has 0 saturated carbocycles. The molecule has 0 aliphatic heterocycles. The van der Waals surface area contributed by atoms with Crippen LogP contribution in [0.5, 0.6) is 0 Å². The lowest BCUT2D eigenvalue weighted by Gasteiger charge is -2.13. The molecule has 28 heavy (non-hydrogen) atoms. The summed E-state index contributed by atoms with van der Waals surface area (Å²) in [5, 5.41) is 7.88. The maximum absolute atomic E-state index is 12.2. The SMILES string of the molecule is CCOC(=O)c1nnn2c1nc(S[C@H](C(C)=O)C(=O)OCC)c1ccccc12. The molecule has 10 heteroatoms. The van der Waals surface area contributed by atoms with E-state index in [0.29, 0.717) is 15.9 Å². The third-order valence-electron chi connectivity index (χ3n) is 3.78. The number of hydrogen-bond donors (Lipinski definition) is 0. The van der Waals surface area contributed by atoms with Crippen LogP contribution in [-0.2, 0) is 19.1 Å². The minimum absolute atomic E-state index is 0.0371. The number of hydrogen-bond acceptors (Lipinski definition) is 9. The number of nitrogens with zero attached hydrogens (tertiary/aromatic N) is 4. The van der Waals surface area contributed by atoms with Gasteiger partial charge in [-0.25, -0.2) is 9.78 Å². The quantitative estimate of drug-likeness (QED) is 0.254. The molecular weight excluding hydrogens is 384 g/mol. The van der Waals surface area contributed by atoms with Crippen molar-refractivity contribution in [3.05, 3.63) is 30.0 Å². The summed E-state index contributed by atoms with van der Waals surface area (Å²) in [5.41, 5.74) is 0.778. The van der Waals surface area contributed by atoms with Crippen LogP contribution in [0.25, 0.3) is 16.6 Å². The van der Waals surface area contributed by atoms with E-state index in [-0.39, 0.29) is 30.3 Å². The third kappa shape index (κ3) is 3.68. The highest BCUT2D eigenvalue weighted by Crippen LogP contribution is 2.31. The highest BCUT2D eigenvalue weighted by atomic mass is 32.2. The van der Waals surface area contributed by atoms with Gasteiger partial charge >= 0.3 is 11.9 Å². The first kappa shape index (κ1) is 19.7. The lowest BCUT2D eigenvalue weighted by atomic mass is 10.2. The van der Waals surface area contributed by atoms with Gasteiger partial charge in [0.2, 0.25) is 5.69 Å². The topological polar surface area (TPSA) is 113 Å². The molecule has 0 radical (unpaired) electrons. The van der Waals surface area contributed by atoms with E-state index >= 15 is 0 Å². The van der Waals surface area contributed by atoms with Crippen molar-refractivity contribution in [2.75, 3.05) is 13.2 Å². The van der Waals surface area contributed by atoms with E-state index in [9.17, 15) is 14.4 Å². The molecule has 0 bridgehead atoms. The summed E-state index contributed by atoms with van der Waals surface area (Å²) in [6, 6.07) is 7.18. The molecule has 2 heterocycles. The second-order valence-electron chi connectivity index (χ2n) is 5.69. The maximum atomic E-state index is 12.2. The van der Waals surface area contributed by atoms with E-state index in [1.807, 2.05) is 0 Å². The van der Waals surface area contributed by atoms with Crippen molar-refractivity contribution in [1.29, 1.82) is 0 Å². The van der Waals surface area contributed by atoms with Crippen LogP contribution in [0.1, 0.15) is 31.3 Å². The van der Waals surface area contributed by atoms with Crippen LogP contribution >= 0.6 is 11.8 Å². The van der Waals surface area contributed by atoms with Gasteiger partial charge in [-0.1, -0.05) is 35.2 Å². The summed E-state index contributed by atoms with van der Waals surface area (Å²) in [6.07, 6.45) is 0. The highest BCUT2D eigenvalue weighted by Gasteiger charge is 2.29. The largest absolute Gasteiger partial charge is 0.465 e. The van der Waals surface area contributed by atoms with E-state index in [0.717, 1.165) is 11.8 Å². The fourth-order valence-corrected chi connectivity index (χ4v) is 3.58. The van der Waals surface area contributed by atoms with Crippen LogP contribution in [-0.4, -0.2) is 56.0 Å². The number of carbonyl (C=O) groups is 3. The van der Waals surface area contributed by atoms with Crippen molar-refractivity contribution < 1.29 is 23.9 Å². The van der Waals surface area contributed by atoms with Gasteiger partial charge < -0.3 is 9.47 Å². The lowest BCUT2D eigenvalue weighted by molar-refractivity contribution is -0.144. The molecule has 146 valence electrons. The van der Waals surface area contributed by atoms with Crippen molar-refractivity contribution >= 4 is 46.0 Å². The van der Waals surface area contributed by atoms with E-state index in [4.69, 9.17) is 9.47 Å². The molecule has 1 aromatic carbocycles. The van der Waals surface area contributed by atoms with Crippen molar-refractivity contribution in [3.63, 3.8) is 0 Å². The number of para-hydroxylation sites is 1. The Bertz CT molecular complexity index is 1060. The number of esters is 2. The van der Waals surface area contributed by atoms with Gasteiger partial charge in [-0.2, -0.15) is 4.52 Å². The van der Waals surface area contributed by atoms with Gasteiger partial charge in [0.25, 0.3) is 0 Å². The Labute approximate surface area is 164 Å².